The molecule has 0 spiro atoms. The van der Waals surface area contributed by atoms with Gasteiger partial charge in [0.25, 0.3) is 0 Å². The van der Waals surface area contributed by atoms with Crippen LogP contribution in [0.4, 0.5) is 0 Å². The number of likely N-dealkylation sites (N-methyl/N-ethyl adjacent to an activating group) is 1. The standard InChI is InChI=1S/C14H21NO2/c1-11(2)13(14(16)17-4)15(3)10-12-8-6-5-7-9-12/h5-9,11,13H,10H2,1-4H3/t13-/m0/s1. The predicted octanol–water partition coefficient (Wildman–Crippen LogP) is 2.32. The Morgan fingerprint density at radius 2 is 1.88 bits per heavy atom. The van der Waals surface area contributed by atoms with Gasteiger partial charge in [-0.1, -0.05) is 44.2 Å². The second-order valence-electron chi connectivity index (χ2n) is 4.61. The molecule has 0 aliphatic heterocycles. The minimum absolute atomic E-state index is 0.168. The van der Waals surface area contributed by atoms with E-state index in [4.69, 9.17) is 4.74 Å². The third kappa shape index (κ3) is 3.86. The van der Waals surface area contributed by atoms with Gasteiger partial charge in [0.15, 0.2) is 0 Å². The molecule has 1 aromatic carbocycles. The molecule has 0 bridgehead atoms. The van der Waals surface area contributed by atoms with Crippen molar-refractivity contribution >= 4 is 5.97 Å². The molecule has 0 fully saturated rings. The van der Waals surface area contributed by atoms with Crippen LogP contribution in [0.1, 0.15) is 19.4 Å². The van der Waals surface area contributed by atoms with Crippen molar-refractivity contribution in [2.45, 2.75) is 26.4 Å². The van der Waals surface area contributed by atoms with E-state index in [0.29, 0.717) is 0 Å². The third-order valence-corrected chi connectivity index (χ3v) is 2.82. The number of hydrogen-bond acceptors (Lipinski definition) is 3. The predicted molar refractivity (Wildman–Crippen MR) is 68.6 cm³/mol. The van der Waals surface area contributed by atoms with Crippen LogP contribution in [0.5, 0.6) is 0 Å². The van der Waals surface area contributed by atoms with E-state index in [0.717, 1.165) is 6.54 Å². The molecule has 0 heterocycles. The third-order valence-electron chi connectivity index (χ3n) is 2.82. The summed E-state index contributed by atoms with van der Waals surface area (Å²) in [5.74, 6) is 0.0644. The second-order valence-corrected chi connectivity index (χ2v) is 4.61. The fourth-order valence-electron chi connectivity index (χ4n) is 2.05. The van der Waals surface area contributed by atoms with Crippen LogP contribution >= 0.6 is 0 Å². The van der Waals surface area contributed by atoms with Crippen molar-refractivity contribution in [2.24, 2.45) is 5.92 Å². The molecule has 3 heteroatoms. The zero-order chi connectivity index (χ0) is 12.8. The summed E-state index contributed by atoms with van der Waals surface area (Å²) >= 11 is 0. The van der Waals surface area contributed by atoms with Gasteiger partial charge in [-0.2, -0.15) is 0 Å². The largest absolute Gasteiger partial charge is 0.468 e. The smallest absolute Gasteiger partial charge is 0.323 e. The molecule has 0 radical (unpaired) electrons. The summed E-state index contributed by atoms with van der Waals surface area (Å²) in [6, 6.07) is 9.93. The number of hydrogen-bond donors (Lipinski definition) is 0. The van der Waals surface area contributed by atoms with E-state index in [9.17, 15) is 4.79 Å². The summed E-state index contributed by atoms with van der Waals surface area (Å²) in [7, 11) is 3.39. The van der Waals surface area contributed by atoms with Crippen molar-refractivity contribution in [3.8, 4) is 0 Å². The monoisotopic (exact) mass is 235 g/mol. The Morgan fingerprint density at radius 1 is 1.29 bits per heavy atom. The van der Waals surface area contributed by atoms with Crippen LogP contribution in [-0.4, -0.2) is 31.1 Å². The highest BCUT2D eigenvalue weighted by Crippen LogP contribution is 2.14. The first-order valence-corrected chi connectivity index (χ1v) is 5.88. The van der Waals surface area contributed by atoms with Crippen LogP contribution in [0, 0.1) is 5.92 Å². The van der Waals surface area contributed by atoms with Crippen LogP contribution in [0.15, 0.2) is 30.3 Å². The Hall–Kier alpha value is -1.35. The summed E-state index contributed by atoms with van der Waals surface area (Å²) < 4.78 is 4.85. The van der Waals surface area contributed by atoms with Gasteiger partial charge in [-0.25, -0.2) is 0 Å². The maximum atomic E-state index is 11.7. The average Bonchev–Trinajstić information content (AvgIpc) is 2.29. The molecule has 0 aromatic heterocycles. The van der Waals surface area contributed by atoms with Crippen LogP contribution < -0.4 is 0 Å². The molecule has 94 valence electrons. The van der Waals surface area contributed by atoms with Gasteiger partial charge in [0.1, 0.15) is 6.04 Å². The zero-order valence-corrected chi connectivity index (χ0v) is 11.0. The van der Waals surface area contributed by atoms with Gasteiger partial charge in [-0.3, -0.25) is 9.69 Å². The molecule has 1 aromatic rings. The Kier molecular flexibility index (Phi) is 5.16. The van der Waals surface area contributed by atoms with E-state index < -0.39 is 0 Å². The Morgan fingerprint density at radius 3 is 2.35 bits per heavy atom. The molecule has 1 atom stereocenters. The zero-order valence-electron chi connectivity index (χ0n) is 11.0. The lowest BCUT2D eigenvalue weighted by Crippen LogP contribution is -2.42. The maximum Gasteiger partial charge on any atom is 0.323 e. The minimum atomic E-state index is -0.194. The Labute approximate surface area is 103 Å². The van der Waals surface area contributed by atoms with Gasteiger partial charge in [0.2, 0.25) is 0 Å². The quantitative estimate of drug-likeness (QED) is 0.733. The van der Waals surface area contributed by atoms with Crippen LogP contribution in [-0.2, 0) is 16.1 Å². The van der Waals surface area contributed by atoms with Crippen molar-refractivity contribution in [3.63, 3.8) is 0 Å². The molecule has 1 rings (SSSR count). The van der Waals surface area contributed by atoms with Gasteiger partial charge in [0.05, 0.1) is 7.11 Å². The molecular formula is C14H21NO2. The lowest BCUT2D eigenvalue weighted by Gasteiger charge is -2.28. The first-order valence-electron chi connectivity index (χ1n) is 5.88. The summed E-state index contributed by atoms with van der Waals surface area (Å²) in [5.41, 5.74) is 1.20. The molecular weight excluding hydrogens is 214 g/mol. The average molecular weight is 235 g/mol. The highest BCUT2D eigenvalue weighted by Gasteiger charge is 2.27. The van der Waals surface area contributed by atoms with Crippen molar-refractivity contribution in [1.82, 2.24) is 4.90 Å². The number of nitrogens with zero attached hydrogens (tertiary/aromatic N) is 1. The molecule has 0 aliphatic rings. The second kappa shape index (κ2) is 6.40. The van der Waals surface area contributed by atoms with Gasteiger partial charge in [0, 0.05) is 6.54 Å². The first-order chi connectivity index (χ1) is 8.06. The van der Waals surface area contributed by atoms with Gasteiger partial charge < -0.3 is 4.74 Å². The SMILES string of the molecule is COC(=O)[C@H](C(C)C)N(C)Cc1ccccc1. The number of carbonyl (C=O) groups excluding carboxylic acids is 1. The number of ether oxygens (including phenoxy) is 1. The van der Waals surface area contributed by atoms with E-state index in [-0.39, 0.29) is 17.9 Å². The number of rotatable bonds is 5. The summed E-state index contributed by atoms with van der Waals surface area (Å²) in [6.07, 6.45) is 0. The molecule has 0 N–H and O–H groups in total. The fourth-order valence-corrected chi connectivity index (χ4v) is 2.05. The van der Waals surface area contributed by atoms with Crippen LogP contribution in [0.25, 0.3) is 0 Å². The summed E-state index contributed by atoms with van der Waals surface area (Å²) in [5, 5.41) is 0. The molecule has 0 aliphatic carbocycles. The van der Waals surface area contributed by atoms with E-state index in [2.05, 4.69) is 12.1 Å². The molecule has 17 heavy (non-hydrogen) atoms. The lowest BCUT2D eigenvalue weighted by molar-refractivity contribution is -0.148. The number of esters is 1. The van der Waals surface area contributed by atoms with Crippen LogP contribution in [0.3, 0.4) is 0 Å². The molecule has 3 nitrogen and oxygen atoms in total. The molecule has 0 saturated carbocycles. The van der Waals surface area contributed by atoms with Gasteiger partial charge in [-0.15, -0.1) is 0 Å². The highest BCUT2D eigenvalue weighted by atomic mass is 16.5. The molecule has 0 saturated heterocycles. The number of methoxy groups -OCH3 is 1. The first kappa shape index (κ1) is 13.7. The Bertz CT molecular complexity index is 348. The number of carbonyl (C=O) groups is 1. The topological polar surface area (TPSA) is 29.5 Å². The lowest BCUT2D eigenvalue weighted by atomic mass is 10.0. The van der Waals surface area contributed by atoms with Crippen molar-refractivity contribution in [1.29, 1.82) is 0 Å². The molecule has 0 amide bonds. The van der Waals surface area contributed by atoms with Crippen molar-refractivity contribution < 1.29 is 9.53 Å². The Balaban J connectivity index is 2.72. The normalized spacial score (nSPS) is 12.8. The van der Waals surface area contributed by atoms with E-state index >= 15 is 0 Å². The van der Waals surface area contributed by atoms with E-state index in [1.807, 2.05) is 44.0 Å². The van der Waals surface area contributed by atoms with Crippen molar-refractivity contribution in [3.05, 3.63) is 35.9 Å². The van der Waals surface area contributed by atoms with E-state index in [1.165, 1.54) is 12.7 Å². The van der Waals surface area contributed by atoms with E-state index in [1.54, 1.807) is 0 Å². The van der Waals surface area contributed by atoms with Gasteiger partial charge in [-0.05, 0) is 18.5 Å². The van der Waals surface area contributed by atoms with Crippen molar-refractivity contribution in [2.75, 3.05) is 14.2 Å². The highest BCUT2D eigenvalue weighted by molar-refractivity contribution is 5.75. The maximum absolute atomic E-state index is 11.7. The summed E-state index contributed by atoms with van der Waals surface area (Å²) in [6.45, 7) is 4.81. The summed E-state index contributed by atoms with van der Waals surface area (Å²) in [4.78, 5) is 13.8. The van der Waals surface area contributed by atoms with Crippen LogP contribution in [0.2, 0.25) is 0 Å². The fraction of sp³-hybridized carbons (Fsp3) is 0.500. The number of benzene rings is 1. The van der Waals surface area contributed by atoms with Gasteiger partial charge >= 0.3 is 5.97 Å². The molecule has 0 unspecified atom stereocenters. The minimum Gasteiger partial charge on any atom is -0.468 e.